The fraction of sp³-hybridized carbons (Fsp3) is 0.800. The van der Waals surface area contributed by atoms with Gasteiger partial charge in [-0.05, 0) is 6.42 Å². The SMILES string of the molecule is O=C1CC[C@H]2O[C@H]12. The fourth-order valence-electron chi connectivity index (χ4n) is 1.07. The molecule has 2 rings (SSSR count). The first-order valence-electron chi connectivity index (χ1n) is 2.56. The molecular formula is C5H6O2. The molecule has 0 spiro atoms. The first-order chi connectivity index (χ1) is 3.38. The molecule has 1 saturated carbocycles. The fourth-order valence-corrected chi connectivity index (χ4v) is 1.07. The topological polar surface area (TPSA) is 29.6 Å². The predicted octanol–water partition coefficient (Wildman–Crippen LogP) is 0.117. The molecule has 0 amide bonds. The van der Waals surface area contributed by atoms with Crippen molar-refractivity contribution in [2.75, 3.05) is 0 Å². The molecule has 0 radical (unpaired) electrons. The van der Waals surface area contributed by atoms with Gasteiger partial charge in [0.05, 0.1) is 6.10 Å². The molecule has 0 unspecified atom stereocenters. The van der Waals surface area contributed by atoms with Crippen molar-refractivity contribution < 1.29 is 9.53 Å². The molecule has 2 atom stereocenters. The van der Waals surface area contributed by atoms with E-state index in [1.807, 2.05) is 0 Å². The molecule has 2 heteroatoms. The van der Waals surface area contributed by atoms with E-state index in [2.05, 4.69) is 0 Å². The Labute approximate surface area is 41.5 Å². The molecule has 1 heterocycles. The minimum atomic E-state index is 0.0417. The third-order valence-electron chi connectivity index (χ3n) is 1.58. The molecule has 0 N–H and O–H groups in total. The van der Waals surface area contributed by atoms with Gasteiger partial charge in [-0.3, -0.25) is 4.79 Å². The summed E-state index contributed by atoms with van der Waals surface area (Å²) in [4.78, 5) is 10.5. The zero-order valence-corrected chi connectivity index (χ0v) is 3.89. The van der Waals surface area contributed by atoms with E-state index in [9.17, 15) is 4.79 Å². The summed E-state index contributed by atoms with van der Waals surface area (Å²) in [6.45, 7) is 0. The van der Waals surface area contributed by atoms with Crippen molar-refractivity contribution in [2.45, 2.75) is 25.0 Å². The molecule has 0 bridgehead atoms. The Balaban J connectivity index is 2.21. The standard InChI is InChI=1S/C5H6O2/c6-3-1-2-4-5(3)7-4/h4-5H,1-2H2/t4-,5-/m1/s1. The zero-order valence-electron chi connectivity index (χ0n) is 3.89. The molecule has 1 aliphatic carbocycles. The van der Waals surface area contributed by atoms with Crippen molar-refractivity contribution >= 4 is 5.78 Å². The van der Waals surface area contributed by atoms with Gasteiger partial charge in [-0.1, -0.05) is 0 Å². The highest BCUT2D eigenvalue weighted by atomic mass is 16.6. The van der Waals surface area contributed by atoms with Crippen LogP contribution in [-0.4, -0.2) is 18.0 Å². The summed E-state index contributed by atoms with van der Waals surface area (Å²) in [5, 5.41) is 0. The molecule has 38 valence electrons. The normalized spacial score (nSPS) is 46.6. The van der Waals surface area contributed by atoms with Crippen molar-refractivity contribution in [3.05, 3.63) is 0 Å². The van der Waals surface area contributed by atoms with E-state index in [0.29, 0.717) is 11.9 Å². The van der Waals surface area contributed by atoms with E-state index < -0.39 is 0 Å². The lowest BCUT2D eigenvalue weighted by Crippen LogP contribution is -1.98. The first kappa shape index (κ1) is 3.61. The molecule has 0 aromatic carbocycles. The molecule has 1 aliphatic heterocycles. The second-order valence-corrected chi connectivity index (χ2v) is 2.10. The van der Waals surface area contributed by atoms with Gasteiger partial charge in [-0.25, -0.2) is 0 Å². The molecule has 0 aromatic heterocycles. The van der Waals surface area contributed by atoms with Crippen LogP contribution >= 0.6 is 0 Å². The van der Waals surface area contributed by atoms with E-state index in [4.69, 9.17) is 4.74 Å². The molecule has 2 nitrogen and oxygen atoms in total. The maximum atomic E-state index is 10.5. The van der Waals surface area contributed by atoms with Crippen LogP contribution in [-0.2, 0) is 9.53 Å². The van der Waals surface area contributed by atoms with Crippen molar-refractivity contribution in [1.82, 2.24) is 0 Å². The summed E-state index contributed by atoms with van der Waals surface area (Å²) in [5.74, 6) is 0.310. The average Bonchev–Trinajstić information content (AvgIpc) is 2.33. The highest BCUT2D eigenvalue weighted by Gasteiger charge is 2.49. The summed E-state index contributed by atoms with van der Waals surface area (Å²) in [5.41, 5.74) is 0. The number of carbonyl (C=O) groups excluding carboxylic acids is 1. The minimum Gasteiger partial charge on any atom is -0.361 e. The first-order valence-corrected chi connectivity index (χ1v) is 2.56. The Hall–Kier alpha value is -0.370. The van der Waals surface area contributed by atoms with E-state index in [1.165, 1.54) is 0 Å². The number of ketones is 1. The molecule has 2 aliphatic rings. The van der Waals surface area contributed by atoms with Crippen LogP contribution in [0.25, 0.3) is 0 Å². The lowest BCUT2D eigenvalue weighted by molar-refractivity contribution is -0.119. The Kier molecular flexibility index (Phi) is 0.460. The maximum Gasteiger partial charge on any atom is 0.164 e. The number of hydrogen-bond donors (Lipinski definition) is 0. The number of fused-ring (bicyclic) bond motifs is 1. The highest BCUT2D eigenvalue weighted by Crippen LogP contribution is 2.35. The van der Waals surface area contributed by atoms with Gasteiger partial charge in [-0.2, -0.15) is 0 Å². The van der Waals surface area contributed by atoms with E-state index >= 15 is 0 Å². The molecule has 7 heavy (non-hydrogen) atoms. The van der Waals surface area contributed by atoms with Crippen molar-refractivity contribution in [2.24, 2.45) is 0 Å². The monoisotopic (exact) mass is 98.0 g/mol. The smallest absolute Gasteiger partial charge is 0.164 e. The Morgan fingerprint density at radius 3 is 2.71 bits per heavy atom. The second-order valence-electron chi connectivity index (χ2n) is 2.10. The Morgan fingerprint density at radius 2 is 2.57 bits per heavy atom. The number of hydrogen-bond acceptors (Lipinski definition) is 2. The van der Waals surface area contributed by atoms with Crippen LogP contribution in [0.15, 0.2) is 0 Å². The van der Waals surface area contributed by atoms with Crippen molar-refractivity contribution in [1.29, 1.82) is 0 Å². The number of epoxide rings is 1. The molecular weight excluding hydrogens is 92.1 g/mol. The number of Topliss-reactive ketones (excluding diaryl/α,β-unsaturated/α-hetero) is 1. The largest absolute Gasteiger partial charge is 0.361 e. The zero-order chi connectivity index (χ0) is 4.85. The van der Waals surface area contributed by atoms with Gasteiger partial charge in [0.15, 0.2) is 5.78 Å². The van der Waals surface area contributed by atoms with E-state index in [-0.39, 0.29) is 6.10 Å². The number of ether oxygens (including phenoxy) is 1. The maximum absolute atomic E-state index is 10.5. The van der Waals surface area contributed by atoms with E-state index in [1.54, 1.807) is 0 Å². The Bertz CT molecular complexity index is 119. The third kappa shape index (κ3) is 0.347. The van der Waals surface area contributed by atoms with Gasteiger partial charge >= 0.3 is 0 Å². The van der Waals surface area contributed by atoms with Gasteiger partial charge in [-0.15, -0.1) is 0 Å². The second kappa shape index (κ2) is 0.892. The van der Waals surface area contributed by atoms with Crippen LogP contribution in [0.1, 0.15) is 12.8 Å². The van der Waals surface area contributed by atoms with Crippen LogP contribution in [0.2, 0.25) is 0 Å². The number of carbonyl (C=O) groups is 1. The van der Waals surface area contributed by atoms with Crippen LogP contribution in [0.4, 0.5) is 0 Å². The average molecular weight is 98.1 g/mol. The van der Waals surface area contributed by atoms with Gasteiger partial charge in [0, 0.05) is 6.42 Å². The van der Waals surface area contributed by atoms with Crippen LogP contribution < -0.4 is 0 Å². The van der Waals surface area contributed by atoms with Crippen LogP contribution in [0.3, 0.4) is 0 Å². The highest BCUT2D eigenvalue weighted by molar-refractivity contribution is 5.88. The summed E-state index contributed by atoms with van der Waals surface area (Å²) in [7, 11) is 0. The Morgan fingerprint density at radius 1 is 1.71 bits per heavy atom. The van der Waals surface area contributed by atoms with Gasteiger partial charge in [0.25, 0.3) is 0 Å². The summed E-state index contributed by atoms with van der Waals surface area (Å²) >= 11 is 0. The van der Waals surface area contributed by atoms with Gasteiger partial charge in [0.1, 0.15) is 6.10 Å². The summed E-state index contributed by atoms with van der Waals surface area (Å²) in [6, 6.07) is 0. The third-order valence-corrected chi connectivity index (χ3v) is 1.58. The lowest BCUT2D eigenvalue weighted by atomic mass is 10.3. The predicted molar refractivity (Wildman–Crippen MR) is 22.9 cm³/mol. The number of rotatable bonds is 0. The molecule has 0 aromatic rings. The summed E-state index contributed by atoms with van der Waals surface area (Å²) < 4.78 is 4.92. The van der Waals surface area contributed by atoms with Crippen LogP contribution in [0, 0.1) is 0 Å². The van der Waals surface area contributed by atoms with Crippen molar-refractivity contribution in [3.8, 4) is 0 Å². The minimum absolute atomic E-state index is 0.0417. The molecule has 2 fully saturated rings. The lowest BCUT2D eigenvalue weighted by Gasteiger charge is -1.82. The van der Waals surface area contributed by atoms with Crippen molar-refractivity contribution in [3.63, 3.8) is 0 Å². The van der Waals surface area contributed by atoms with Gasteiger partial charge < -0.3 is 4.74 Å². The molecule has 1 saturated heterocycles. The summed E-state index contributed by atoms with van der Waals surface area (Å²) in [6.07, 6.45) is 2.12. The van der Waals surface area contributed by atoms with E-state index in [0.717, 1.165) is 12.8 Å². The quantitative estimate of drug-likeness (QED) is 0.403. The van der Waals surface area contributed by atoms with Gasteiger partial charge in [0.2, 0.25) is 0 Å². The van der Waals surface area contributed by atoms with Crippen LogP contribution in [0.5, 0.6) is 0 Å².